The molecule has 0 aromatic heterocycles. The average molecular weight is 419 g/mol. The van der Waals surface area contributed by atoms with Crippen LogP contribution in [-0.4, -0.2) is 22.3 Å². The Kier molecular flexibility index (Phi) is 6.21. The summed E-state index contributed by atoms with van der Waals surface area (Å²) in [5.41, 5.74) is -1.05. The quantitative estimate of drug-likeness (QED) is 0.259. The van der Waals surface area contributed by atoms with Crippen LogP contribution in [0.4, 0.5) is 0 Å². The number of carbonyl (C=O) groups is 2. The molecule has 31 heavy (non-hydrogen) atoms. The van der Waals surface area contributed by atoms with Crippen LogP contribution < -0.4 is 0 Å². The van der Waals surface area contributed by atoms with E-state index >= 15 is 0 Å². The zero-order chi connectivity index (χ0) is 22.8. The molecule has 0 bridgehead atoms. The minimum Gasteiger partial charge on any atom is -0.506 e. The van der Waals surface area contributed by atoms with Gasteiger partial charge >= 0.3 is 0 Å². The molecule has 0 saturated carbocycles. The van der Waals surface area contributed by atoms with E-state index in [1.807, 2.05) is 26.0 Å². The number of hydrogen-bond acceptors (Lipinski definition) is 4. The van der Waals surface area contributed by atoms with Gasteiger partial charge < -0.3 is 9.84 Å². The molecule has 4 nitrogen and oxygen atoms in total. The van der Waals surface area contributed by atoms with E-state index in [9.17, 15) is 14.7 Å². The summed E-state index contributed by atoms with van der Waals surface area (Å²) in [5.74, 6) is -0.803. The van der Waals surface area contributed by atoms with Gasteiger partial charge in [-0.2, -0.15) is 0 Å². The van der Waals surface area contributed by atoms with Gasteiger partial charge in [-0.05, 0) is 39.5 Å². The second-order valence-corrected chi connectivity index (χ2v) is 8.75. The predicted molar refractivity (Wildman–Crippen MR) is 123 cm³/mol. The Morgan fingerprint density at radius 2 is 1.81 bits per heavy atom. The maximum Gasteiger partial charge on any atom is 0.200 e. The smallest absolute Gasteiger partial charge is 0.200 e. The van der Waals surface area contributed by atoms with Gasteiger partial charge in [0.05, 0.1) is 5.41 Å². The third-order valence-electron chi connectivity index (χ3n) is 6.39. The molecule has 2 atom stereocenters. The van der Waals surface area contributed by atoms with Crippen molar-refractivity contribution in [2.24, 2.45) is 11.3 Å². The SMILES string of the molecule is C=CCC1=C2OC(C)(C)C(CC=C)CC2(CC=C)C(=O)/C(=C(\O)c2ccccc2)C1=O. The molecule has 1 N–H and O–H groups in total. The van der Waals surface area contributed by atoms with E-state index in [-0.39, 0.29) is 23.7 Å². The number of ether oxygens (including phenoxy) is 1. The molecule has 1 heterocycles. The maximum absolute atomic E-state index is 14.0. The maximum atomic E-state index is 14.0. The van der Waals surface area contributed by atoms with Crippen molar-refractivity contribution in [3.05, 3.63) is 90.8 Å². The number of Topliss-reactive ketones (excluding diaryl/α,β-unsaturated/α-hetero) is 2. The van der Waals surface area contributed by atoms with Crippen LogP contribution in [0.25, 0.3) is 5.76 Å². The van der Waals surface area contributed by atoms with E-state index in [0.29, 0.717) is 36.2 Å². The van der Waals surface area contributed by atoms with Crippen molar-refractivity contribution >= 4 is 17.3 Å². The third-order valence-corrected chi connectivity index (χ3v) is 6.39. The lowest BCUT2D eigenvalue weighted by atomic mass is 9.60. The average Bonchev–Trinajstić information content (AvgIpc) is 2.74. The summed E-state index contributed by atoms with van der Waals surface area (Å²) in [7, 11) is 0. The lowest BCUT2D eigenvalue weighted by Gasteiger charge is -2.51. The van der Waals surface area contributed by atoms with Gasteiger partial charge in [-0.3, -0.25) is 9.59 Å². The van der Waals surface area contributed by atoms with Gasteiger partial charge in [0.1, 0.15) is 22.7 Å². The zero-order valence-electron chi connectivity index (χ0n) is 18.3. The van der Waals surface area contributed by atoms with E-state index < -0.39 is 22.6 Å². The molecule has 1 aliphatic carbocycles. The van der Waals surface area contributed by atoms with Crippen molar-refractivity contribution < 1.29 is 19.4 Å². The van der Waals surface area contributed by atoms with Crippen LogP contribution in [0.2, 0.25) is 0 Å². The Bertz CT molecular complexity index is 993. The van der Waals surface area contributed by atoms with E-state index in [1.165, 1.54) is 0 Å². The van der Waals surface area contributed by atoms with Crippen LogP contribution in [0.3, 0.4) is 0 Å². The number of fused-ring (bicyclic) bond motifs is 1. The molecule has 3 rings (SSSR count). The molecule has 4 heteroatoms. The van der Waals surface area contributed by atoms with Crippen LogP contribution in [0.15, 0.2) is 85.2 Å². The van der Waals surface area contributed by atoms with Gasteiger partial charge in [0.25, 0.3) is 0 Å². The van der Waals surface area contributed by atoms with E-state index in [4.69, 9.17) is 4.74 Å². The summed E-state index contributed by atoms with van der Waals surface area (Å²) in [6, 6.07) is 8.67. The minimum absolute atomic E-state index is 0.0101. The molecule has 1 aliphatic heterocycles. The Hall–Kier alpha value is -3.14. The molecule has 1 fully saturated rings. The second-order valence-electron chi connectivity index (χ2n) is 8.75. The first kappa shape index (κ1) is 22.5. The molecule has 162 valence electrons. The minimum atomic E-state index is -1.09. The zero-order valence-corrected chi connectivity index (χ0v) is 18.3. The van der Waals surface area contributed by atoms with Gasteiger partial charge in [0.15, 0.2) is 11.6 Å². The van der Waals surface area contributed by atoms with Gasteiger partial charge in [-0.15, -0.1) is 19.7 Å². The highest BCUT2D eigenvalue weighted by Crippen LogP contribution is 2.56. The third kappa shape index (κ3) is 3.71. The van der Waals surface area contributed by atoms with Crippen LogP contribution in [0.5, 0.6) is 0 Å². The number of benzene rings is 1. The Morgan fingerprint density at radius 3 is 2.39 bits per heavy atom. The van der Waals surface area contributed by atoms with E-state index in [0.717, 1.165) is 0 Å². The van der Waals surface area contributed by atoms with Crippen molar-refractivity contribution in [3.63, 3.8) is 0 Å². The number of allylic oxidation sites excluding steroid dienone is 6. The summed E-state index contributed by atoms with van der Waals surface area (Å²) in [4.78, 5) is 27.4. The van der Waals surface area contributed by atoms with Crippen molar-refractivity contribution in [1.29, 1.82) is 0 Å². The van der Waals surface area contributed by atoms with Crippen LogP contribution in [-0.2, 0) is 14.3 Å². The first-order chi connectivity index (χ1) is 14.7. The van der Waals surface area contributed by atoms with Crippen molar-refractivity contribution in [3.8, 4) is 0 Å². The van der Waals surface area contributed by atoms with Crippen LogP contribution in [0.1, 0.15) is 45.1 Å². The lowest BCUT2D eigenvalue weighted by Crippen LogP contribution is -2.53. The number of rotatable bonds is 7. The normalized spacial score (nSPS) is 26.6. The summed E-state index contributed by atoms with van der Waals surface area (Å²) in [6.07, 6.45) is 6.83. The monoisotopic (exact) mass is 418 g/mol. The summed E-state index contributed by atoms with van der Waals surface area (Å²) < 4.78 is 6.43. The summed E-state index contributed by atoms with van der Waals surface area (Å²) in [6.45, 7) is 15.5. The first-order valence-corrected chi connectivity index (χ1v) is 10.6. The van der Waals surface area contributed by atoms with Crippen molar-refractivity contribution in [2.45, 2.75) is 45.1 Å². The molecule has 0 spiro atoms. The van der Waals surface area contributed by atoms with Gasteiger partial charge in [0, 0.05) is 17.1 Å². The van der Waals surface area contributed by atoms with Crippen molar-refractivity contribution in [1.82, 2.24) is 0 Å². The Labute approximate surface area is 184 Å². The van der Waals surface area contributed by atoms with E-state index in [2.05, 4.69) is 19.7 Å². The summed E-state index contributed by atoms with van der Waals surface area (Å²) >= 11 is 0. The molecule has 0 amide bonds. The second kappa shape index (κ2) is 8.54. The number of carbonyl (C=O) groups excluding carboxylic acids is 2. The van der Waals surface area contributed by atoms with Crippen LogP contribution in [0, 0.1) is 11.3 Å². The first-order valence-electron chi connectivity index (χ1n) is 10.6. The highest BCUT2D eigenvalue weighted by molar-refractivity contribution is 6.34. The molecular weight excluding hydrogens is 388 g/mol. The number of hydrogen-bond donors (Lipinski definition) is 1. The number of aliphatic hydroxyl groups is 1. The molecule has 1 saturated heterocycles. The standard InChI is InChI=1S/C27H30O4/c1-6-12-19-17-27(16-8-3)24(30)21(22(28)18-14-10-9-11-15-18)23(29)20(13-7-2)25(27)31-26(19,4)5/h6-11,14-15,19,28H,1-3,12-13,16-17H2,4-5H3/b22-21-. The molecular formula is C27H30O4. The summed E-state index contributed by atoms with van der Waals surface area (Å²) in [5, 5.41) is 11.0. The molecule has 1 aromatic carbocycles. The molecule has 2 unspecified atom stereocenters. The van der Waals surface area contributed by atoms with Gasteiger partial charge in [-0.1, -0.05) is 48.6 Å². The van der Waals surface area contributed by atoms with Gasteiger partial charge in [0.2, 0.25) is 0 Å². The Morgan fingerprint density at radius 1 is 1.13 bits per heavy atom. The molecule has 1 aromatic rings. The predicted octanol–water partition coefficient (Wildman–Crippen LogP) is 5.89. The highest BCUT2D eigenvalue weighted by atomic mass is 16.5. The highest BCUT2D eigenvalue weighted by Gasteiger charge is 2.58. The van der Waals surface area contributed by atoms with Gasteiger partial charge in [-0.25, -0.2) is 0 Å². The van der Waals surface area contributed by atoms with Crippen LogP contribution >= 0.6 is 0 Å². The van der Waals surface area contributed by atoms with E-state index in [1.54, 1.807) is 36.4 Å². The molecule has 0 radical (unpaired) electrons. The fourth-order valence-electron chi connectivity index (χ4n) is 4.71. The Balaban J connectivity index is 2.32. The molecule has 2 aliphatic rings. The number of aliphatic hydroxyl groups excluding tert-OH is 1. The fourth-order valence-corrected chi connectivity index (χ4v) is 4.71. The fraction of sp³-hybridized carbons (Fsp3) is 0.333. The topological polar surface area (TPSA) is 63.6 Å². The van der Waals surface area contributed by atoms with Crippen molar-refractivity contribution in [2.75, 3.05) is 0 Å². The largest absolute Gasteiger partial charge is 0.506 e. The lowest BCUT2D eigenvalue weighted by molar-refractivity contribution is -0.145. The number of ketones is 2.